The average molecular weight is 265 g/mol. The van der Waals surface area contributed by atoms with E-state index in [0.717, 1.165) is 6.42 Å². The summed E-state index contributed by atoms with van der Waals surface area (Å²) in [6.45, 7) is 1.94. The fourth-order valence-corrected chi connectivity index (χ4v) is 2.53. The first-order valence-electron chi connectivity index (χ1n) is 6.27. The summed E-state index contributed by atoms with van der Waals surface area (Å²) < 4.78 is 34.2. The van der Waals surface area contributed by atoms with Crippen LogP contribution in [0.4, 0.5) is 8.78 Å². The van der Waals surface area contributed by atoms with Crippen LogP contribution in [0.2, 0.25) is 0 Å². The molecule has 0 amide bonds. The molecule has 18 heavy (non-hydrogen) atoms. The third kappa shape index (κ3) is 3.88. The number of alkyl halides is 2. The Kier molecular flexibility index (Phi) is 5.95. The van der Waals surface area contributed by atoms with Crippen molar-refractivity contribution in [2.24, 2.45) is 0 Å². The predicted molar refractivity (Wildman–Crippen MR) is 62.6 cm³/mol. The molecule has 1 rings (SSSR count). The lowest BCUT2D eigenvalue weighted by atomic mass is 9.80. The molecule has 0 spiro atoms. The average Bonchev–Trinajstić information content (AvgIpc) is 2.36. The molecule has 1 N–H and O–H groups in total. The molecular weight excluding hydrogens is 244 g/mol. The van der Waals surface area contributed by atoms with E-state index >= 15 is 0 Å². The molecule has 1 aliphatic carbocycles. The normalized spacial score (nSPS) is 28.4. The van der Waals surface area contributed by atoms with E-state index in [2.05, 4.69) is 5.32 Å². The highest BCUT2D eigenvalue weighted by molar-refractivity contribution is 5.81. The lowest BCUT2D eigenvalue weighted by Crippen LogP contribution is -2.56. The smallest absolute Gasteiger partial charge is 0.326 e. The van der Waals surface area contributed by atoms with E-state index in [0.29, 0.717) is 25.8 Å². The molecule has 0 aromatic heterocycles. The largest absolute Gasteiger partial charge is 0.468 e. The van der Waals surface area contributed by atoms with Gasteiger partial charge in [0.15, 0.2) is 0 Å². The van der Waals surface area contributed by atoms with Crippen LogP contribution in [-0.4, -0.2) is 44.3 Å². The number of esters is 1. The Morgan fingerprint density at radius 2 is 2.28 bits per heavy atom. The highest BCUT2D eigenvalue weighted by Gasteiger charge is 2.43. The highest BCUT2D eigenvalue weighted by Crippen LogP contribution is 2.31. The number of ether oxygens (including phenoxy) is 2. The molecule has 0 aromatic carbocycles. The van der Waals surface area contributed by atoms with E-state index in [1.165, 1.54) is 7.11 Å². The maximum Gasteiger partial charge on any atom is 0.326 e. The first-order valence-corrected chi connectivity index (χ1v) is 6.27. The summed E-state index contributed by atoms with van der Waals surface area (Å²) in [7, 11) is 1.34. The standard InChI is InChI=1S/C12H21F2NO3/c1-3-15-12(11(16)17-2)6-4-5-9(7-12)18-8-10(13)14/h9-10,15H,3-8H2,1-2H3. The van der Waals surface area contributed by atoms with Gasteiger partial charge in [-0.15, -0.1) is 0 Å². The van der Waals surface area contributed by atoms with Crippen LogP contribution in [-0.2, 0) is 14.3 Å². The van der Waals surface area contributed by atoms with E-state index in [1.54, 1.807) is 0 Å². The van der Waals surface area contributed by atoms with Gasteiger partial charge in [0.2, 0.25) is 0 Å². The topological polar surface area (TPSA) is 47.6 Å². The van der Waals surface area contributed by atoms with E-state index in [4.69, 9.17) is 9.47 Å². The summed E-state index contributed by atoms with van der Waals surface area (Å²) in [5.74, 6) is -0.338. The van der Waals surface area contributed by atoms with Crippen molar-refractivity contribution in [2.75, 3.05) is 20.3 Å². The van der Waals surface area contributed by atoms with Gasteiger partial charge in [-0.05, 0) is 25.8 Å². The van der Waals surface area contributed by atoms with Gasteiger partial charge in [0.05, 0.1) is 13.2 Å². The second kappa shape index (κ2) is 6.99. The molecular formula is C12H21F2NO3. The molecule has 1 saturated carbocycles. The second-order valence-corrected chi connectivity index (χ2v) is 4.55. The fourth-order valence-electron chi connectivity index (χ4n) is 2.53. The van der Waals surface area contributed by atoms with Gasteiger partial charge in [-0.2, -0.15) is 0 Å². The summed E-state index contributed by atoms with van der Waals surface area (Å²) in [6, 6.07) is 0. The molecule has 2 atom stereocenters. The van der Waals surface area contributed by atoms with Crippen LogP contribution in [0.3, 0.4) is 0 Å². The molecule has 6 heteroatoms. The van der Waals surface area contributed by atoms with Crippen LogP contribution in [0.15, 0.2) is 0 Å². The SMILES string of the molecule is CCNC1(C(=O)OC)CCCC(OCC(F)F)C1. The van der Waals surface area contributed by atoms with Crippen LogP contribution < -0.4 is 5.32 Å². The molecule has 1 aliphatic rings. The Balaban J connectivity index is 2.64. The van der Waals surface area contributed by atoms with Crippen LogP contribution in [0.25, 0.3) is 0 Å². The van der Waals surface area contributed by atoms with Crippen LogP contribution in [0.1, 0.15) is 32.6 Å². The summed E-state index contributed by atoms with van der Waals surface area (Å²) >= 11 is 0. The van der Waals surface area contributed by atoms with Crippen LogP contribution in [0.5, 0.6) is 0 Å². The number of carbonyl (C=O) groups is 1. The van der Waals surface area contributed by atoms with Gasteiger partial charge >= 0.3 is 5.97 Å². The van der Waals surface area contributed by atoms with Crippen molar-refractivity contribution < 1.29 is 23.0 Å². The first-order chi connectivity index (χ1) is 8.54. The van der Waals surface area contributed by atoms with Crippen LogP contribution >= 0.6 is 0 Å². The number of rotatable bonds is 6. The molecule has 0 aliphatic heterocycles. The van der Waals surface area contributed by atoms with E-state index in [-0.39, 0.29) is 12.1 Å². The van der Waals surface area contributed by atoms with E-state index < -0.39 is 18.6 Å². The van der Waals surface area contributed by atoms with E-state index in [9.17, 15) is 13.6 Å². The Morgan fingerprint density at radius 1 is 1.56 bits per heavy atom. The minimum atomic E-state index is -2.47. The number of halogens is 2. The molecule has 1 fully saturated rings. The lowest BCUT2D eigenvalue weighted by Gasteiger charge is -2.38. The van der Waals surface area contributed by atoms with Crippen molar-refractivity contribution in [1.82, 2.24) is 5.32 Å². The zero-order valence-electron chi connectivity index (χ0n) is 10.9. The summed E-state index contributed by atoms with van der Waals surface area (Å²) in [4.78, 5) is 11.9. The van der Waals surface area contributed by atoms with Gasteiger partial charge in [0, 0.05) is 6.42 Å². The number of hydrogen-bond acceptors (Lipinski definition) is 4. The predicted octanol–water partition coefficient (Wildman–Crippen LogP) is 1.73. The van der Waals surface area contributed by atoms with Crippen molar-refractivity contribution in [3.8, 4) is 0 Å². The van der Waals surface area contributed by atoms with Gasteiger partial charge in [0.25, 0.3) is 6.43 Å². The number of methoxy groups -OCH3 is 1. The summed E-state index contributed by atoms with van der Waals surface area (Å²) in [5.41, 5.74) is -0.783. The Hall–Kier alpha value is -0.750. The molecule has 0 saturated heterocycles. The highest BCUT2D eigenvalue weighted by atomic mass is 19.3. The minimum absolute atomic E-state index is 0.314. The monoisotopic (exact) mass is 265 g/mol. The zero-order chi connectivity index (χ0) is 13.6. The number of carbonyl (C=O) groups excluding carboxylic acids is 1. The van der Waals surface area contributed by atoms with Crippen molar-refractivity contribution in [1.29, 1.82) is 0 Å². The maximum atomic E-state index is 12.1. The quantitative estimate of drug-likeness (QED) is 0.743. The Labute approximate surface area is 106 Å². The van der Waals surface area contributed by atoms with Gasteiger partial charge in [-0.1, -0.05) is 6.92 Å². The minimum Gasteiger partial charge on any atom is -0.468 e. The molecule has 0 aromatic rings. The van der Waals surface area contributed by atoms with Gasteiger partial charge in [-0.3, -0.25) is 4.79 Å². The zero-order valence-corrected chi connectivity index (χ0v) is 10.9. The van der Waals surface area contributed by atoms with Crippen molar-refractivity contribution in [3.05, 3.63) is 0 Å². The molecule has 106 valence electrons. The number of nitrogens with one attached hydrogen (secondary N) is 1. The third-order valence-electron chi connectivity index (χ3n) is 3.25. The second-order valence-electron chi connectivity index (χ2n) is 4.55. The third-order valence-corrected chi connectivity index (χ3v) is 3.25. The Morgan fingerprint density at radius 3 is 2.83 bits per heavy atom. The molecule has 0 bridgehead atoms. The van der Waals surface area contributed by atoms with Gasteiger partial charge in [-0.25, -0.2) is 8.78 Å². The molecule has 0 radical (unpaired) electrons. The van der Waals surface area contributed by atoms with Gasteiger partial charge in [0.1, 0.15) is 12.1 Å². The van der Waals surface area contributed by atoms with Crippen LogP contribution in [0, 0.1) is 0 Å². The number of hydrogen-bond donors (Lipinski definition) is 1. The summed E-state index contributed by atoms with van der Waals surface area (Å²) in [6.07, 6.45) is -0.278. The molecule has 2 unspecified atom stereocenters. The lowest BCUT2D eigenvalue weighted by molar-refractivity contribution is -0.153. The van der Waals surface area contributed by atoms with Crippen molar-refractivity contribution >= 4 is 5.97 Å². The van der Waals surface area contributed by atoms with E-state index in [1.807, 2.05) is 6.92 Å². The first kappa shape index (κ1) is 15.3. The number of likely N-dealkylation sites (N-methyl/N-ethyl adjacent to an activating group) is 1. The Bertz CT molecular complexity index is 272. The summed E-state index contributed by atoms with van der Waals surface area (Å²) in [5, 5.41) is 3.12. The molecule has 4 nitrogen and oxygen atoms in total. The fraction of sp³-hybridized carbons (Fsp3) is 0.917. The van der Waals surface area contributed by atoms with Gasteiger partial charge < -0.3 is 14.8 Å². The van der Waals surface area contributed by atoms with Crippen molar-refractivity contribution in [3.63, 3.8) is 0 Å². The van der Waals surface area contributed by atoms with Crippen molar-refractivity contribution in [2.45, 2.75) is 50.7 Å². The molecule has 0 heterocycles. The maximum absolute atomic E-state index is 12.1.